The van der Waals surface area contributed by atoms with Crippen LogP contribution in [0.1, 0.15) is 17.3 Å². The molecule has 2 rings (SSSR count). The van der Waals surface area contributed by atoms with E-state index < -0.39 is 36.6 Å². The van der Waals surface area contributed by atoms with Gasteiger partial charge in [-0.3, -0.25) is 0 Å². The summed E-state index contributed by atoms with van der Waals surface area (Å²) in [7, 11) is 0. The summed E-state index contributed by atoms with van der Waals surface area (Å²) >= 11 is 0. The Hall–Kier alpha value is -1.67. The van der Waals surface area contributed by atoms with Crippen LogP contribution in [0.4, 0.5) is 5.69 Å². The summed E-state index contributed by atoms with van der Waals surface area (Å²) < 4.78 is 5.36. The summed E-state index contributed by atoms with van der Waals surface area (Å²) in [6, 6.07) is 6.16. The Kier molecular flexibility index (Phi) is 4.24. The van der Waals surface area contributed by atoms with E-state index in [0.29, 0.717) is 0 Å². The zero-order valence-electron chi connectivity index (χ0n) is 10.8. The number of ether oxygens (including phenoxy) is 1. The molecule has 0 aromatic heterocycles. The zero-order chi connectivity index (χ0) is 14.9. The van der Waals surface area contributed by atoms with Crippen LogP contribution in [-0.4, -0.2) is 57.0 Å². The number of carboxylic acid groups (broad SMARTS) is 1. The molecule has 1 heterocycles. The Morgan fingerprint density at radius 1 is 1.15 bits per heavy atom. The second-order valence-electron chi connectivity index (χ2n) is 4.73. The molecule has 1 saturated heterocycles. The normalized spacial score (nSPS) is 33.7. The van der Waals surface area contributed by atoms with E-state index in [1.165, 1.54) is 12.1 Å². The number of carboxylic acids is 1. The van der Waals surface area contributed by atoms with E-state index >= 15 is 0 Å². The maximum atomic E-state index is 11.1. The Morgan fingerprint density at radius 2 is 1.80 bits per heavy atom. The van der Waals surface area contributed by atoms with Crippen LogP contribution in [0.5, 0.6) is 0 Å². The minimum absolute atomic E-state index is 0.0246. The number of aromatic carboxylic acids is 1. The Balaban J connectivity index is 2.20. The molecule has 5 atom stereocenters. The number of carbonyl (C=O) groups is 1. The van der Waals surface area contributed by atoms with Crippen molar-refractivity contribution in [1.29, 1.82) is 0 Å². The number of nitrogens with one attached hydrogen (secondary N) is 1. The van der Waals surface area contributed by atoms with Crippen molar-refractivity contribution < 1.29 is 30.0 Å². The lowest BCUT2D eigenvalue weighted by Crippen LogP contribution is -2.58. The van der Waals surface area contributed by atoms with Crippen LogP contribution in [0.3, 0.4) is 0 Å². The molecule has 0 amide bonds. The smallest absolute Gasteiger partial charge is 0.337 e. The minimum Gasteiger partial charge on any atom is -0.478 e. The molecule has 7 heteroatoms. The fraction of sp³-hybridized carbons (Fsp3) is 0.462. The highest BCUT2D eigenvalue weighted by Gasteiger charge is 2.41. The van der Waals surface area contributed by atoms with Gasteiger partial charge in [-0.05, 0) is 19.1 Å². The monoisotopic (exact) mass is 283 g/mol. The van der Waals surface area contributed by atoms with E-state index in [2.05, 4.69) is 5.32 Å². The third-order valence-electron chi connectivity index (χ3n) is 3.31. The van der Waals surface area contributed by atoms with Gasteiger partial charge >= 0.3 is 5.97 Å². The zero-order valence-corrected chi connectivity index (χ0v) is 10.8. The molecule has 1 aliphatic rings. The van der Waals surface area contributed by atoms with Gasteiger partial charge in [-0.1, -0.05) is 12.1 Å². The van der Waals surface area contributed by atoms with Gasteiger partial charge in [0.05, 0.1) is 17.4 Å². The molecule has 5 N–H and O–H groups in total. The minimum atomic E-state index is -1.37. The van der Waals surface area contributed by atoms with E-state index in [1.54, 1.807) is 19.1 Å². The third-order valence-corrected chi connectivity index (χ3v) is 3.31. The van der Waals surface area contributed by atoms with Gasteiger partial charge in [0.15, 0.2) is 6.23 Å². The molecular formula is C13H17NO6. The van der Waals surface area contributed by atoms with Crippen LogP contribution in [0, 0.1) is 0 Å². The average Bonchev–Trinajstić information content (AvgIpc) is 2.43. The van der Waals surface area contributed by atoms with Crippen molar-refractivity contribution in [2.75, 3.05) is 5.32 Å². The van der Waals surface area contributed by atoms with Crippen molar-refractivity contribution in [2.24, 2.45) is 0 Å². The van der Waals surface area contributed by atoms with E-state index in [4.69, 9.17) is 9.84 Å². The van der Waals surface area contributed by atoms with Crippen molar-refractivity contribution in [2.45, 2.75) is 37.6 Å². The molecular weight excluding hydrogens is 266 g/mol. The van der Waals surface area contributed by atoms with Gasteiger partial charge in [0.1, 0.15) is 18.3 Å². The van der Waals surface area contributed by atoms with Crippen molar-refractivity contribution in [1.82, 2.24) is 0 Å². The summed E-state index contributed by atoms with van der Waals surface area (Å²) in [5.41, 5.74) is 0.288. The predicted octanol–water partition coefficient (Wildman–Crippen LogP) is -0.376. The number of rotatable bonds is 3. The predicted molar refractivity (Wildman–Crippen MR) is 69.4 cm³/mol. The van der Waals surface area contributed by atoms with E-state index in [-0.39, 0.29) is 11.3 Å². The van der Waals surface area contributed by atoms with Gasteiger partial charge in [0, 0.05) is 0 Å². The van der Waals surface area contributed by atoms with Crippen molar-refractivity contribution >= 4 is 11.7 Å². The molecule has 0 spiro atoms. The maximum absolute atomic E-state index is 11.1. The van der Waals surface area contributed by atoms with Gasteiger partial charge in [-0.25, -0.2) is 4.79 Å². The van der Waals surface area contributed by atoms with Crippen LogP contribution in [0.2, 0.25) is 0 Å². The Morgan fingerprint density at radius 3 is 2.45 bits per heavy atom. The molecule has 20 heavy (non-hydrogen) atoms. The van der Waals surface area contributed by atoms with Gasteiger partial charge in [-0.15, -0.1) is 0 Å². The second kappa shape index (κ2) is 5.76. The Labute approximate surface area is 115 Å². The largest absolute Gasteiger partial charge is 0.478 e. The Bertz CT molecular complexity index is 494. The first-order chi connectivity index (χ1) is 9.41. The molecule has 0 unspecified atom stereocenters. The van der Waals surface area contributed by atoms with Crippen LogP contribution in [0.15, 0.2) is 24.3 Å². The maximum Gasteiger partial charge on any atom is 0.337 e. The average molecular weight is 283 g/mol. The van der Waals surface area contributed by atoms with E-state index in [0.717, 1.165) is 0 Å². The number of anilines is 1. The lowest BCUT2D eigenvalue weighted by atomic mass is 9.99. The van der Waals surface area contributed by atoms with Crippen LogP contribution < -0.4 is 5.32 Å². The molecule has 0 saturated carbocycles. The quantitative estimate of drug-likeness (QED) is 0.513. The fourth-order valence-electron chi connectivity index (χ4n) is 2.12. The number of aliphatic hydroxyl groups is 3. The lowest BCUT2D eigenvalue weighted by Gasteiger charge is -2.40. The molecule has 1 aromatic rings. The van der Waals surface area contributed by atoms with Crippen LogP contribution in [-0.2, 0) is 4.74 Å². The highest BCUT2D eigenvalue weighted by molar-refractivity contribution is 5.94. The highest BCUT2D eigenvalue weighted by atomic mass is 16.5. The van der Waals surface area contributed by atoms with Gasteiger partial charge < -0.3 is 30.5 Å². The SMILES string of the molecule is C[C@@H]1O[C@H](Nc2ccccc2C(=O)O)[C@H](O)[C@H](O)[C@H]1O. The highest BCUT2D eigenvalue weighted by Crippen LogP contribution is 2.24. The molecule has 1 aliphatic heterocycles. The van der Waals surface area contributed by atoms with Crippen LogP contribution in [0.25, 0.3) is 0 Å². The third kappa shape index (κ3) is 2.75. The molecule has 1 aromatic carbocycles. The first kappa shape index (κ1) is 14.7. The molecule has 7 nitrogen and oxygen atoms in total. The number of para-hydroxylation sites is 1. The topological polar surface area (TPSA) is 119 Å². The molecule has 0 radical (unpaired) electrons. The number of benzene rings is 1. The van der Waals surface area contributed by atoms with E-state index in [1.807, 2.05) is 0 Å². The molecule has 1 fully saturated rings. The standard InChI is InChI=1S/C13H17NO6/c1-6-9(15)10(16)11(17)12(20-6)14-8-5-3-2-4-7(8)13(18)19/h2-6,9-12,14-17H,1H3,(H,18,19)/t6-,9-,10+,11+,12-/m0/s1. The number of hydrogen-bond acceptors (Lipinski definition) is 6. The van der Waals surface area contributed by atoms with Crippen molar-refractivity contribution in [3.63, 3.8) is 0 Å². The van der Waals surface area contributed by atoms with E-state index in [9.17, 15) is 20.1 Å². The summed E-state index contributed by atoms with van der Waals surface area (Å²) in [6.45, 7) is 1.55. The van der Waals surface area contributed by atoms with Gasteiger partial charge in [0.2, 0.25) is 0 Å². The van der Waals surface area contributed by atoms with Crippen molar-refractivity contribution in [3.8, 4) is 0 Å². The second-order valence-corrected chi connectivity index (χ2v) is 4.73. The molecule has 110 valence electrons. The lowest BCUT2D eigenvalue weighted by molar-refractivity contribution is -0.209. The fourth-order valence-corrected chi connectivity index (χ4v) is 2.12. The summed E-state index contributed by atoms with van der Waals surface area (Å²) in [5, 5.41) is 41.0. The number of aliphatic hydroxyl groups excluding tert-OH is 3. The van der Waals surface area contributed by atoms with Crippen LogP contribution >= 0.6 is 0 Å². The summed E-state index contributed by atoms with van der Waals surface area (Å²) in [6.07, 6.45) is -5.64. The number of hydrogen-bond donors (Lipinski definition) is 5. The first-order valence-electron chi connectivity index (χ1n) is 6.20. The van der Waals surface area contributed by atoms with Gasteiger partial charge in [-0.2, -0.15) is 0 Å². The summed E-state index contributed by atoms with van der Waals surface area (Å²) in [4.78, 5) is 11.1. The molecule has 0 bridgehead atoms. The van der Waals surface area contributed by atoms with Gasteiger partial charge in [0.25, 0.3) is 0 Å². The molecule has 0 aliphatic carbocycles. The van der Waals surface area contributed by atoms with Crippen molar-refractivity contribution in [3.05, 3.63) is 29.8 Å². The summed E-state index contributed by atoms with van der Waals surface area (Å²) in [5.74, 6) is -1.12. The first-order valence-corrected chi connectivity index (χ1v) is 6.20.